The quantitative estimate of drug-likeness (QED) is 0.615. The molecule has 0 fully saturated rings. The molecule has 0 saturated carbocycles. The summed E-state index contributed by atoms with van der Waals surface area (Å²) >= 11 is 1.74. The van der Waals surface area contributed by atoms with Crippen LogP contribution >= 0.6 is 35.7 Å². The van der Waals surface area contributed by atoms with Gasteiger partial charge in [0, 0.05) is 5.41 Å². The van der Waals surface area contributed by atoms with E-state index in [0.717, 1.165) is 13.1 Å². The lowest BCUT2D eigenvalue weighted by molar-refractivity contribution is -0.479. The normalized spacial score (nSPS) is 21.2. The van der Waals surface area contributed by atoms with E-state index in [0.29, 0.717) is 5.41 Å². The smallest absolute Gasteiger partial charge is 0.268 e. The Kier molecular flexibility index (Phi) is 4.77. The van der Waals surface area contributed by atoms with Crippen molar-refractivity contribution in [1.29, 1.82) is 0 Å². The van der Waals surface area contributed by atoms with Gasteiger partial charge in [-0.05, 0) is 18.0 Å². The maximum absolute atomic E-state index is 3.33. The monoisotopic (exact) mass is 287 g/mol. The SMILES string of the molecule is CSC1=[NH+]CC(C)(C)CN1.I. The van der Waals surface area contributed by atoms with Gasteiger partial charge in [0.2, 0.25) is 0 Å². The summed E-state index contributed by atoms with van der Waals surface area (Å²) in [5.41, 5.74) is 0.402. The predicted octanol–water partition coefficient (Wildman–Crippen LogP) is 0.0334. The Bertz CT molecular complexity index is 157. The summed E-state index contributed by atoms with van der Waals surface area (Å²) in [4.78, 5) is 3.33. The van der Waals surface area contributed by atoms with Crippen molar-refractivity contribution in [3.8, 4) is 0 Å². The number of hydrogen-bond donors (Lipinski definition) is 2. The summed E-state index contributed by atoms with van der Waals surface area (Å²) in [7, 11) is 0. The van der Waals surface area contributed by atoms with Crippen molar-refractivity contribution in [2.75, 3.05) is 19.3 Å². The van der Waals surface area contributed by atoms with Crippen LogP contribution in [0.5, 0.6) is 0 Å². The molecule has 2 nitrogen and oxygen atoms in total. The van der Waals surface area contributed by atoms with E-state index in [1.54, 1.807) is 11.8 Å². The van der Waals surface area contributed by atoms with Crippen LogP contribution in [-0.2, 0) is 0 Å². The van der Waals surface area contributed by atoms with Gasteiger partial charge in [0.1, 0.15) is 0 Å². The van der Waals surface area contributed by atoms with Crippen LogP contribution in [-0.4, -0.2) is 24.5 Å². The third kappa shape index (κ3) is 3.64. The van der Waals surface area contributed by atoms with Gasteiger partial charge in [-0.15, -0.1) is 24.0 Å². The molecule has 0 saturated heterocycles. The van der Waals surface area contributed by atoms with E-state index in [1.807, 2.05) is 0 Å². The first-order chi connectivity index (χ1) is 4.64. The summed E-state index contributed by atoms with van der Waals surface area (Å²) in [6, 6.07) is 0. The Morgan fingerprint density at radius 3 is 2.55 bits per heavy atom. The molecule has 0 aromatic heterocycles. The van der Waals surface area contributed by atoms with E-state index in [4.69, 9.17) is 0 Å². The Balaban J connectivity index is 0.000001000. The fourth-order valence-corrected chi connectivity index (χ4v) is 1.34. The van der Waals surface area contributed by atoms with Crippen LogP contribution in [0.15, 0.2) is 0 Å². The number of hydrogen-bond acceptors (Lipinski definition) is 2. The second-order valence-corrected chi connectivity index (χ2v) is 4.22. The molecule has 0 radical (unpaired) electrons. The Labute approximate surface area is 89.6 Å². The van der Waals surface area contributed by atoms with Gasteiger partial charge in [-0.1, -0.05) is 13.8 Å². The minimum Gasteiger partial charge on any atom is -0.268 e. The van der Waals surface area contributed by atoms with Crippen LogP contribution in [0.2, 0.25) is 0 Å². The number of nitrogens with one attached hydrogen (secondary N) is 2. The van der Waals surface area contributed by atoms with Gasteiger partial charge in [0.15, 0.2) is 0 Å². The van der Waals surface area contributed by atoms with E-state index in [9.17, 15) is 0 Å². The van der Waals surface area contributed by atoms with Gasteiger partial charge >= 0.3 is 5.17 Å². The second-order valence-electron chi connectivity index (χ2n) is 3.40. The molecule has 11 heavy (non-hydrogen) atoms. The standard InChI is InChI=1S/C7H14N2S.HI/c1-7(2)4-8-6(10-3)9-5-7;/h4-5H2,1-3H3,(H,8,9);1H/p+1. The predicted molar refractivity (Wildman–Crippen MR) is 61.6 cm³/mol. The fourth-order valence-electron chi connectivity index (χ4n) is 0.908. The zero-order chi connectivity index (χ0) is 7.61. The summed E-state index contributed by atoms with van der Waals surface area (Å²) < 4.78 is 0. The molecule has 1 heterocycles. The highest BCUT2D eigenvalue weighted by molar-refractivity contribution is 14.0. The van der Waals surface area contributed by atoms with E-state index >= 15 is 0 Å². The van der Waals surface area contributed by atoms with Crippen LogP contribution in [0.25, 0.3) is 0 Å². The van der Waals surface area contributed by atoms with Crippen LogP contribution in [0.4, 0.5) is 0 Å². The zero-order valence-corrected chi connectivity index (χ0v) is 10.4. The molecular weight excluding hydrogens is 271 g/mol. The maximum Gasteiger partial charge on any atom is 0.303 e. The van der Waals surface area contributed by atoms with Gasteiger partial charge < -0.3 is 0 Å². The van der Waals surface area contributed by atoms with Gasteiger partial charge in [-0.2, -0.15) is 0 Å². The molecule has 0 atom stereocenters. The van der Waals surface area contributed by atoms with Crippen molar-refractivity contribution in [3.05, 3.63) is 0 Å². The Morgan fingerprint density at radius 1 is 1.55 bits per heavy atom. The van der Waals surface area contributed by atoms with Gasteiger partial charge in [0.25, 0.3) is 0 Å². The van der Waals surface area contributed by atoms with Crippen molar-refractivity contribution < 1.29 is 4.99 Å². The van der Waals surface area contributed by atoms with Crippen LogP contribution < -0.4 is 10.3 Å². The first-order valence-electron chi connectivity index (χ1n) is 3.53. The minimum absolute atomic E-state index is 0. The number of halogens is 1. The first kappa shape index (κ1) is 11.6. The van der Waals surface area contributed by atoms with Crippen molar-refractivity contribution in [1.82, 2.24) is 5.32 Å². The summed E-state index contributed by atoms with van der Waals surface area (Å²) in [5, 5.41) is 4.54. The van der Waals surface area contributed by atoms with Gasteiger partial charge in [-0.25, -0.2) is 0 Å². The van der Waals surface area contributed by atoms with E-state index in [1.165, 1.54) is 5.17 Å². The van der Waals surface area contributed by atoms with Crippen molar-refractivity contribution in [2.24, 2.45) is 5.41 Å². The van der Waals surface area contributed by atoms with E-state index < -0.39 is 0 Å². The number of rotatable bonds is 0. The van der Waals surface area contributed by atoms with E-state index in [-0.39, 0.29) is 24.0 Å². The molecule has 1 aliphatic heterocycles. The highest BCUT2D eigenvalue weighted by Crippen LogP contribution is 2.11. The first-order valence-corrected chi connectivity index (χ1v) is 4.75. The minimum atomic E-state index is 0. The summed E-state index contributed by atoms with van der Waals surface area (Å²) in [5.74, 6) is 0. The molecule has 1 aliphatic rings. The summed E-state index contributed by atoms with van der Waals surface area (Å²) in [6.45, 7) is 6.67. The lowest BCUT2D eigenvalue weighted by Gasteiger charge is -2.23. The average molecular weight is 287 g/mol. The van der Waals surface area contributed by atoms with Crippen molar-refractivity contribution >= 4 is 40.9 Å². The largest absolute Gasteiger partial charge is 0.303 e. The van der Waals surface area contributed by atoms with E-state index in [2.05, 4.69) is 30.4 Å². The lowest BCUT2D eigenvalue weighted by Crippen LogP contribution is -2.82. The molecule has 4 heteroatoms. The molecular formula is C7H16IN2S+. The number of amidine groups is 1. The number of thioether (sulfide) groups is 1. The molecule has 0 unspecified atom stereocenters. The molecule has 2 N–H and O–H groups in total. The highest BCUT2D eigenvalue weighted by atomic mass is 127. The maximum atomic E-state index is 3.33. The van der Waals surface area contributed by atoms with Gasteiger partial charge in [0.05, 0.1) is 13.1 Å². The molecule has 0 spiro atoms. The van der Waals surface area contributed by atoms with Crippen molar-refractivity contribution in [3.63, 3.8) is 0 Å². The molecule has 0 aromatic carbocycles. The molecule has 1 rings (SSSR count). The third-order valence-corrected chi connectivity index (χ3v) is 2.36. The molecule has 0 aromatic rings. The van der Waals surface area contributed by atoms with Crippen LogP contribution in [0.3, 0.4) is 0 Å². The van der Waals surface area contributed by atoms with Crippen molar-refractivity contribution in [2.45, 2.75) is 13.8 Å². The average Bonchev–Trinajstić information content (AvgIpc) is 1.88. The third-order valence-electron chi connectivity index (χ3n) is 1.66. The van der Waals surface area contributed by atoms with Gasteiger partial charge in [-0.3, -0.25) is 10.3 Å². The summed E-state index contributed by atoms with van der Waals surface area (Å²) in [6.07, 6.45) is 2.08. The van der Waals surface area contributed by atoms with Crippen LogP contribution in [0, 0.1) is 5.41 Å². The molecule has 0 aliphatic carbocycles. The fraction of sp³-hybridized carbons (Fsp3) is 0.857. The molecule has 0 bridgehead atoms. The second kappa shape index (κ2) is 4.54. The van der Waals surface area contributed by atoms with Crippen LogP contribution in [0.1, 0.15) is 13.8 Å². The molecule has 66 valence electrons. The Hall–Kier alpha value is 0.550. The zero-order valence-electron chi connectivity index (χ0n) is 7.23. The Morgan fingerprint density at radius 2 is 2.18 bits per heavy atom. The molecule has 0 amide bonds. The topological polar surface area (TPSA) is 26.0 Å². The lowest BCUT2D eigenvalue weighted by atomic mass is 9.93. The highest BCUT2D eigenvalue weighted by Gasteiger charge is 2.26.